The molecule has 1 aliphatic heterocycles. The first-order valence-corrected chi connectivity index (χ1v) is 12.6. The SMILES string of the molecule is CCCCCCC/C=C/CCCCCCCCCCO[C@@H]1[C@@H](O)[C@H](CO)OC[C@H]1O. The summed E-state index contributed by atoms with van der Waals surface area (Å²) in [5.41, 5.74) is 0. The van der Waals surface area contributed by atoms with E-state index in [0.717, 1.165) is 12.8 Å². The van der Waals surface area contributed by atoms with Crippen LogP contribution in [-0.4, -0.2) is 59.6 Å². The van der Waals surface area contributed by atoms with Gasteiger partial charge in [-0.15, -0.1) is 0 Å². The molecule has 1 saturated heterocycles. The summed E-state index contributed by atoms with van der Waals surface area (Å²) in [6, 6.07) is 0. The van der Waals surface area contributed by atoms with Gasteiger partial charge in [0, 0.05) is 6.61 Å². The molecule has 0 spiro atoms. The summed E-state index contributed by atoms with van der Waals surface area (Å²) in [6.45, 7) is 2.63. The van der Waals surface area contributed by atoms with Crippen molar-refractivity contribution in [1.29, 1.82) is 0 Å². The Labute approximate surface area is 184 Å². The number of ether oxygens (including phenoxy) is 2. The van der Waals surface area contributed by atoms with Crippen LogP contribution < -0.4 is 0 Å². The third kappa shape index (κ3) is 13.1. The molecule has 0 aromatic heterocycles. The van der Waals surface area contributed by atoms with Crippen LogP contribution in [0.1, 0.15) is 103 Å². The Kier molecular flexibility index (Phi) is 17.7. The van der Waals surface area contributed by atoms with Gasteiger partial charge in [-0.2, -0.15) is 0 Å². The number of hydrogen-bond donors (Lipinski definition) is 3. The molecule has 1 heterocycles. The van der Waals surface area contributed by atoms with Gasteiger partial charge in [0.1, 0.15) is 24.4 Å². The van der Waals surface area contributed by atoms with Crippen LogP contribution in [0, 0.1) is 0 Å². The molecule has 178 valence electrons. The van der Waals surface area contributed by atoms with Crippen molar-refractivity contribution < 1.29 is 24.8 Å². The average Bonchev–Trinajstić information content (AvgIpc) is 2.75. The molecular weight excluding hydrogens is 380 g/mol. The lowest BCUT2D eigenvalue weighted by Gasteiger charge is -2.37. The average molecular weight is 429 g/mol. The zero-order valence-corrected chi connectivity index (χ0v) is 19.4. The molecule has 0 aromatic rings. The molecule has 1 aliphatic rings. The van der Waals surface area contributed by atoms with Gasteiger partial charge in [-0.1, -0.05) is 83.3 Å². The van der Waals surface area contributed by atoms with Gasteiger partial charge < -0.3 is 24.8 Å². The summed E-state index contributed by atoms with van der Waals surface area (Å²) < 4.78 is 10.9. The molecule has 0 unspecified atom stereocenters. The maximum atomic E-state index is 10.1. The second kappa shape index (κ2) is 19.2. The van der Waals surface area contributed by atoms with Crippen LogP contribution in [0.15, 0.2) is 12.2 Å². The van der Waals surface area contributed by atoms with Crippen molar-refractivity contribution in [3.8, 4) is 0 Å². The number of hydrogen-bond acceptors (Lipinski definition) is 5. The first kappa shape index (κ1) is 27.6. The molecule has 5 heteroatoms. The summed E-state index contributed by atoms with van der Waals surface area (Å²) in [4.78, 5) is 0. The Morgan fingerprint density at radius 1 is 0.800 bits per heavy atom. The number of allylic oxidation sites excluding steroid dienone is 2. The maximum Gasteiger partial charge on any atom is 0.114 e. The molecular formula is C25H48O5. The molecule has 1 rings (SSSR count). The lowest BCUT2D eigenvalue weighted by molar-refractivity contribution is -0.210. The Balaban J connectivity index is 1.84. The molecule has 0 radical (unpaired) electrons. The lowest BCUT2D eigenvalue weighted by atomic mass is 10.0. The predicted molar refractivity (Wildman–Crippen MR) is 123 cm³/mol. The minimum Gasteiger partial charge on any atom is -0.394 e. The Morgan fingerprint density at radius 3 is 1.90 bits per heavy atom. The van der Waals surface area contributed by atoms with Crippen molar-refractivity contribution >= 4 is 0 Å². The minimum atomic E-state index is -0.973. The van der Waals surface area contributed by atoms with Crippen molar-refractivity contribution in [2.75, 3.05) is 19.8 Å². The molecule has 0 aliphatic carbocycles. The number of aliphatic hydroxyl groups is 3. The summed E-state index contributed by atoms with van der Waals surface area (Å²) >= 11 is 0. The molecule has 0 saturated carbocycles. The third-order valence-electron chi connectivity index (χ3n) is 5.97. The fourth-order valence-electron chi connectivity index (χ4n) is 3.97. The second-order valence-electron chi connectivity index (χ2n) is 8.74. The van der Waals surface area contributed by atoms with Gasteiger partial charge in [0.05, 0.1) is 13.2 Å². The van der Waals surface area contributed by atoms with Crippen molar-refractivity contribution in [2.45, 2.75) is 128 Å². The van der Waals surface area contributed by atoms with E-state index in [2.05, 4.69) is 19.1 Å². The van der Waals surface area contributed by atoms with Gasteiger partial charge in [0.15, 0.2) is 0 Å². The molecule has 4 atom stereocenters. The molecule has 1 fully saturated rings. The van der Waals surface area contributed by atoms with Gasteiger partial charge >= 0.3 is 0 Å². The quantitative estimate of drug-likeness (QED) is 0.201. The standard InChI is InChI=1S/C25H48O5/c1-2-3-4-5-6-7-8-9-10-11-12-13-14-15-16-17-18-19-29-25-22(27)21-30-23(20-26)24(25)28/h8-9,22-28H,2-7,10-21H2,1H3/b9-8+/t22-,23+,24+,25+/m1/s1. The van der Waals surface area contributed by atoms with E-state index >= 15 is 0 Å². The molecule has 5 nitrogen and oxygen atoms in total. The maximum absolute atomic E-state index is 10.1. The van der Waals surface area contributed by atoms with Crippen molar-refractivity contribution in [1.82, 2.24) is 0 Å². The van der Waals surface area contributed by atoms with Crippen LogP contribution in [0.3, 0.4) is 0 Å². The van der Waals surface area contributed by atoms with Crippen LogP contribution in [0.25, 0.3) is 0 Å². The van der Waals surface area contributed by atoms with Crippen LogP contribution in [0.4, 0.5) is 0 Å². The van der Waals surface area contributed by atoms with E-state index in [9.17, 15) is 10.2 Å². The smallest absolute Gasteiger partial charge is 0.114 e. The van der Waals surface area contributed by atoms with Crippen molar-refractivity contribution in [2.24, 2.45) is 0 Å². The first-order chi connectivity index (χ1) is 14.7. The van der Waals surface area contributed by atoms with Crippen molar-refractivity contribution in [3.63, 3.8) is 0 Å². The van der Waals surface area contributed by atoms with E-state index in [1.54, 1.807) is 0 Å². The minimum absolute atomic E-state index is 0.0990. The zero-order chi connectivity index (χ0) is 21.9. The fourth-order valence-corrected chi connectivity index (χ4v) is 3.97. The Hall–Kier alpha value is -0.460. The van der Waals surface area contributed by atoms with E-state index < -0.39 is 24.4 Å². The highest BCUT2D eigenvalue weighted by Gasteiger charge is 2.38. The Morgan fingerprint density at radius 2 is 1.33 bits per heavy atom. The number of aliphatic hydroxyl groups excluding tert-OH is 3. The number of unbranched alkanes of at least 4 members (excludes halogenated alkanes) is 13. The Bertz CT molecular complexity index is 401. The highest BCUT2D eigenvalue weighted by Crippen LogP contribution is 2.19. The van der Waals surface area contributed by atoms with E-state index in [4.69, 9.17) is 14.6 Å². The lowest BCUT2D eigenvalue weighted by Crippen LogP contribution is -2.55. The normalized spacial score (nSPS) is 24.7. The largest absolute Gasteiger partial charge is 0.394 e. The molecule has 30 heavy (non-hydrogen) atoms. The fraction of sp³-hybridized carbons (Fsp3) is 0.920. The highest BCUT2D eigenvalue weighted by molar-refractivity contribution is 4.87. The van der Waals surface area contributed by atoms with E-state index in [-0.39, 0.29) is 13.2 Å². The predicted octanol–water partition coefficient (Wildman–Crippen LogP) is 4.91. The third-order valence-corrected chi connectivity index (χ3v) is 5.97. The second-order valence-corrected chi connectivity index (χ2v) is 8.74. The monoisotopic (exact) mass is 428 g/mol. The van der Waals surface area contributed by atoms with Crippen LogP contribution in [0.2, 0.25) is 0 Å². The molecule has 0 aromatic carbocycles. The van der Waals surface area contributed by atoms with E-state index in [1.165, 1.54) is 83.5 Å². The van der Waals surface area contributed by atoms with E-state index in [1.807, 2.05) is 0 Å². The first-order valence-electron chi connectivity index (χ1n) is 12.6. The highest BCUT2D eigenvalue weighted by atomic mass is 16.6. The summed E-state index contributed by atoms with van der Waals surface area (Å²) in [5.74, 6) is 0. The molecule has 0 bridgehead atoms. The van der Waals surface area contributed by atoms with Crippen LogP contribution >= 0.6 is 0 Å². The summed E-state index contributed by atoms with van der Waals surface area (Å²) in [7, 11) is 0. The summed E-state index contributed by atoms with van der Waals surface area (Å²) in [6.07, 6.45) is 20.7. The van der Waals surface area contributed by atoms with Gasteiger partial charge in [0.25, 0.3) is 0 Å². The molecule has 0 amide bonds. The van der Waals surface area contributed by atoms with Crippen LogP contribution in [0.5, 0.6) is 0 Å². The summed E-state index contributed by atoms with van der Waals surface area (Å²) in [5, 5.41) is 29.1. The van der Waals surface area contributed by atoms with Gasteiger partial charge in [-0.3, -0.25) is 0 Å². The van der Waals surface area contributed by atoms with Crippen LogP contribution in [-0.2, 0) is 9.47 Å². The topological polar surface area (TPSA) is 79.2 Å². The van der Waals surface area contributed by atoms with Gasteiger partial charge in [-0.05, 0) is 32.1 Å². The zero-order valence-electron chi connectivity index (χ0n) is 19.4. The van der Waals surface area contributed by atoms with Crippen molar-refractivity contribution in [3.05, 3.63) is 12.2 Å². The van der Waals surface area contributed by atoms with Gasteiger partial charge in [0.2, 0.25) is 0 Å². The number of rotatable bonds is 19. The van der Waals surface area contributed by atoms with Gasteiger partial charge in [-0.25, -0.2) is 0 Å². The molecule has 3 N–H and O–H groups in total. The van der Waals surface area contributed by atoms with E-state index in [0.29, 0.717) is 6.61 Å².